The van der Waals surface area contributed by atoms with Crippen molar-refractivity contribution in [2.24, 2.45) is 5.41 Å². The molecule has 1 aliphatic rings. The number of nitrogens with zero attached hydrogens (tertiary/aromatic N) is 3. The summed E-state index contributed by atoms with van der Waals surface area (Å²) in [5.74, 6) is -0.406. The van der Waals surface area contributed by atoms with Crippen LogP contribution in [0.3, 0.4) is 0 Å². The third-order valence-electron chi connectivity index (χ3n) is 5.70. The number of hydrogen-bond acceptors (Lipinski definition) is 5. The highest BCUT2D eigenvalue weighted by atomic mass is 19.1. The Morgan fingerprint density at radius 2 is 1.75 bits per heavy atom. The molecule has 0 spiro atoms. The molecule has 2 N–H and O–H groups in total. The third-order valence-corrected chi connectivity index (χ3v) is 5.70. The minimum absolute atomic E-state index is 0.131. The first-order chi connectivity index (χ1) is 16.8. The van der Waals surface area contributed by atoms with Gasteiger partial charge in [-0.2, -0.15) is 0 Å². The fourth-order valence-corrected chi connectivity index (χ4v) is 3.99. The molecular formula is C26H36FN5O4. The molecule has 0 saturated heterocycles. The van der Waals surface area contributed by atoms with Crippen LogP contribution in [0.1, 0.15) is 57.7 Å². The van der Waals surface area contributed by atoms with E-state index in [1.165, 1.54) is 0 Å². The van der Waals surface area contributed by atoms with Gasteiger partial charge in [0.1, 0.15) is 24.1 Å². The summed E-state index contributed by atoms with van der Waals surface area (Å²) >= 11 is 0. The smallest absolute Gasteiger partial charge is 0.410 e. The molecule has 196 valence electrons. The van der Waals surface area contributed by atoms with Crippen LogP contribution in [0, 0.1) is 5.41 Å². The molecule has 2 aromatic rings. The first kappa shape index (κ1) is 27.2. The van der Waals surface area contributed by atoms with E-state index in [9.17, 15) is 18.8 Å². The van der Waals surface area contributed by atoms with Crippen molar-refractivity contribution in [3.8, 4) is 11.4 Å². The molecule has 36 heavy (non-hydrogen) atoms. The molecule has 9 nitrogen and oxygen atoms in total. The van der Waals surface area contributed by atoms with Gasteiger partial charge in [-0.1, -0.05) is 51.1 Å². The third kappa shape index (κ3) is 6.41. The van der Waals surface area contributed by atoms with E-state index in [0.717, 1.165) is 5.56 Å². The van der Waals surface area contributed by atoms with Gasteiger partial charge in [0.25, 0.3) is 5.91 Å². The number of nitrogens with one attached hydrogen (secondary N) is 2. The van der Waals surface area contributed by atoms with Crippen LogP contribution in [0.5, 0.6) is 0 Å². The maximum Gasteiger partial charge on any atom is 0.410 e. The normalized spacial score (nSPS) is 14.6. The number of imidazole rings is 1. The van der Waals surface area contributed by atoms with Crippen LogP contribution >= 0.6 is 0 Å². The highest BCUT2D eigenvalue weighted by Crippen LogP contribution is 2.28. The summed E-state index contributed by atoms with van der Waals surface area (Å²) in [6, 6.07) is 8.56. The van der Waals surface area contributed by atoms with Gasteiger partial charge in [-0.3, -0.25) is 9.59 Å². The minimum Gasteiger partial charge on any atom is -0.444 e. The van der Waals surface area contributed by atoms with Crippen molar-refractivity contribution in [1.82, 2.24) is 25.1 Å². The largest absolute Gasteiger partial charge is 0.444 e. The molecular weight excluding hydrogens is 465 g/mol. The van der Waals surface area contributed by atoms with E-state index in [1.54, 1.807) is 25.7 Å². The number of hydrogen-bond donors (Lipinski definition) is 2. The van der Waals surface area contributed by atoms with Gasteiger partial charge in [-0.05, 0) is 26.2 Å². The maximum atomic E-state index is 13.5. The summed E-state index contributed by atoms with van der Waals surface area (Å²) in [6.07, 6.45) is -0.472. The number of halogens is 1. The molecule has 2 heterocycles. The van der Waals surface area contributed by atoms with Gasteiger partial charge >= 0.3 is 6.09 Å². The van der Waals surface area contributed by atoms with E-state index in [1.807, 2.05) is 55.7 Å². The maximum absolute atomic E-state index is 13.5. The van der Waals surface area contributed by atoms with Gasteiger partial charge in [0.2, 0.25) is 5.91 Å². The lowest BCUT2D eigenvalue weighted by atomic mass is 9.86. The van der Waals surface area contributed by atoms with Gasteiger partial charge in [0, 0.05) is 25.2 Å². The number of aromatic nitrogens is 2. The summed E-state index contributed by atoms with van der Waals surface area (Å²) in [6.45, 7) is 11.0. The van der Waals surface area contributed by atoms with Crippen LogP contribution in [0.4, 0.5) is 9.18 Å². The number of alkyl halides is 1. The van der Waals surface area contributed by atoms with Crippen molar-refractivity contribution in [2.45, 2.75) is 66.3 Å². The van der Waals surface area contributed by atoms with E-state index in [-0.39, 0.29) is 18.8 Å². The zero-order valence-corrected chi connectivity index (χ0v) is 21.9. The number of benzene rings is 1. The number of rotatable bonds is 6. The Bertz CT molecular complexity index is 1100. The summed E-state index contributed by atoms with van der Waals surface area (Å²) < 4.78 is 20.1. The van der Waals surface area contributed by atoms with Crippen LogP contribution in [0.15, 0.2) is 30.3 Å². The van der Waals surface area contributed by atoms with Crippen LogP contribution in [-0.4, -0.2) is 63.8 Å². The van der Waals surface area contributed by atoms with E-state index in [2.05, 4.69) is 15.6 Å². The quantitative estimate of drug-likeness (QED) is 0.630. The standard InChI is InChI=1S/C26H36FN5O4/c1-25(2,3)20(23(34)28-13-12-27)30-22(33)19-18-16-31(24(35)36-26(4,5)6)14-15-32(18)21(29-19)17-10-8-7-9-11-17/h7-11,20H,12-16H2,1-6H3,(H,28,34)(H,30,33). The predicted molar refractivity (Wildman–Crippen MR) is 134 cm³/mol. The average Bonchev–Trinajstić information content (AvgIpc) is 3.18. The lowest BCUT2D eigenvalue weighted by Crippen LogP contribution is -2.54. The van der Waals surface area contributed by atoms with Crippen LogP contribution < -0.4 is 10.6 Å². The fourth-order valence-electron chi connectivity index (χ4n) is 3.99. The molecule has 1 aliphatic heterocycles. The Morgan fingerprint density at radius 3 is 2.33 bits per heavy atom. The van der Waals surface area contributed by atoms with Gasteiger partial charge in [-0.15, -0.1) is 0 Å². The number of fused-ring (bicyclic) bond motifs is 1. The fraction of sp³-hybridized carbons (Fsp3) is 0.538. The molecule has 0 radical (unpaired) electrons. The summed E-state index contributed by atoms with van der Waals surface area (Å²) in [5, 5.41) is 5.30. The first-order valence-corrected chi connectivity index (χ1v) is 12.1. The highest BCUT2D eigenvalue weighted by Gasteiger charge is 2.36. The van der Waals surface area contributed by atoms with Gasteiger partial charge in [0.15, 0.2) is 5.69 Å². The lowest BCUT2D eigenvalue weighted by Gasteiger charge is -2.32. The lowest BCUT2D eigenvalue weighted by molar-refractivity contribution is -0.125. The van der Waals surface area contributed by atoms with E-state index in [4.69, 9.17) is 4.74 Å². The second-order valence-corrected chi connectivity index (χ2v) is 10.9. The van der Waals surface area contributed by atoms with Crippen molar-refractivity contribution < 1.29 is 23.5 Å². The summed E-state index contributed by atoms with van der Waals surface area (Å²) in [5.41, 5.74) is 0.226. The Morgan fingerprint density at radius 1 is 1.08 bits per heavy atom. The molecule has 3 rings (SSSR count). The van der Waals surface area contributed by atoms with Gasteiger partial charge < -0.3 is 24.8 Å². The zero-order valence-electron chi connectivity index (χ0n) is 21.9. The Labute approximate surface area is 211 Å². The Balaban J connectivity index is 1.98. The zero-order chi connectivity index (χ0) is 26.7. The SMILES string of the molecule is CC(C)(C)OC(=O)N1CCn2c(-c3ccccc3)nc(C(=O)NC(C(=O)NCCF)C(C)(C)C)c2C1. The molecule has 3 amide bonds. The molecule has 0 saturated carbocycles. The second kappa shape index (κ2) is 10.7. The minimum atomic E-state index is -0.917. The van der Waals surface area contributed by atoms with Crippen molar-refractivity contribution in [1.29, 1.82) is 0 Å². The summed E-state index contributed by atoms with van der Waals surface area (Å²) in [7, 11) is 0. The molecule has 1 atom stereocenters. The van der Waals surface area contributed by atoms with E-state index in [0.29, 0.717) is 24.6 Å². The molecule has 1 unspecified atom stereocenters. The average molecular weight is 502 g/mol. The van der Waals surface area contributed by atoms with Crippen molar-refractivity contribution in [3.05, 3.63) is 41.7 Å². The number of carbonyl (C=O) groups is 3. The first-order valence-electron chi connectivity index (χ1n) is 12.1. The van der Waals surface area contributed by atoms with Crippen LogP contribution in [0.25, 0.3) is 11.4 Å². The second-order valence-electron chi connectivity index (χ2n) is 10.9. The van der Waals surface area contributed by atoms with E-state index >= 15 is 0 Å². The highest BCUT2D eigenvalue weighted by molar-refractivity contribution is 5.98. The predicted octanol–water partition coefficient (Wildman–Crippen LogP) is 3.53. The molecule has 0 aliphatic carbocycles. The molecule has 0 fully saturated rings. The van der Waals surface area contributed by atoms with E-state index < -0.39 is 41.6 Å². The molecule has 1 aromatic heterocycles. The van der Waals surface area contributed by atoms with Gasteiger partial charge in [-0.25, -0.2) is 14.2 Å². The van der Waals surface area contributed by atoms with Crippen molar-refractivity contribution >= 4 is 17.9 Å². The van der Waals surface area contributed by atoms with Gasteiger partial charge in [0.05, 0.1) is 12.2 Å². The number of amides is 3. The molecule has 0 bridgehead atoms. The van der Waals surface area contributed by atoms with Crippen LogP contribution in [-0.2, 0) is 22.6 Å². The Hall–Kier alpha value is -3.43. The number of carbonyl (C=O) groups excluding carboxylic acids is 3. The Kier molecular flexibility index (Phi) is 8.05. The van der Waals surface area contributed by atoms with Crippen molar-refractivity contribution in [3.63, 3.8) is 0 Å². The summed E-state index contributed by atoms with van der Waals surface area (Å²) in [4.78, 5) is 45.2. The topological polar surface area (TPSA) is 106 Å². The van der Waals surface area contributed by atoms with Crippen LogP contribution in [0.2, 0.25) is 0 Å². The number of ether oxygens (including phenoxy) is 1. The molecule has 1 aromatic carbocycles. The monoisotopic (exact) mass is 501 g/mol. The van der Waals surface area contributed by atoms with Crippen molar-refractivity contribution in [2.75, 3.05) is 19.8 Å². The molecule has 10 heteroatoms.